The van der Waals surface area contributed by atoms with E-state index in [4.69, 9.17) is 29.6 Å². The molecule has 0 aliphatic rings. The average molecular weight is 172 g/mol. The first-order chi connectivity index (χ1) is 4.74. The van der Waals surface area contributed by atoms with Crippen LogP contribution >= 0.6 is 23.2 Å². The van der Waals surface area contributed by atoms with Crippen molar-refractivity contribution in [2.75, 3.05) is 0 Å². The average Bonchev–Trinajstić information content (AvgIpc) is 1.95. The second-order valence-electron chi connectivity index (χ2n) is 1.63. The van der Waals surface area contributed by atoms with E-state index in [2.05, 4.69) is 10.9 Å². The van der Waals surface area contributed by atoms with Gasteiger partial charge in [-0.05, 0) is 6.07 Å². The summed E-state index contributed by atoms with van der Waals surface area (Å²) < 4.78 is 0. The molecule has 0 aliphatic heterocycles. The van der Waals surface area contributed by atoms with E-state index < -0.39 is 0 Å². The van der Waals surface area contributed by atoms with Gasteiger partial charge in [0.05, 0.1) is 10.0 Å². The summed E-state index contributed by atoms with van der Waals surface area (Å²) in [6, 6.07) is 1.55. The molecule has 1 aromatic heterocycles. The Morgan fingerprint density at radius 2 is 2.10 bits per heavy atom. The SMILES string of the molecule is C#Cc1cc(Cl)c(Cl)cn1. The van der Waals surface area contributed by atoms with Crippen molar-refractivity contribution in [3.05, 3.63) is 28.0 Å². The van der Waals surface area contributed by atoms with E-state index in [9.17, 15) is 0 Å². The van der Waals surface area contributed by atoms with Crippen LogP contribution in [-0.4, -0.2) is 4.98 Å². The monoisotopic (exact) mass is 171 g/mol. The quantitative estimate of drug-likeness (QED) is 0.547. The molecule has 0 saturated carbocycles. The van der Waals surface area contributed by atoms with Gasteiger partial charge >= 0.3 is 0 Å². The van der Waals surface area contributed by atoms with Crippen molar-refractivity contribution in [3.63, 3.8) is 0 Å². The zero-order valence-electron chi connectivity index (χ0n) is 4.94. The Labute approximate surface area is 69.0 Å². The standard InChI is InChI=1S/C7H3Cl2N/c1-2-5-3-6(8)7(9)4-10-5/h1,3-4H. The van der Waals surface area contributed by atoms with E-state index in [0.29, 0.717) is 15.7 Å². The number of terminal acetylenes is 1. The van der Waals surface area contributed by atoms with Crippen LogP contribution in [0.2, 0.25) is 10.0 Å². The molecular formula is C7H3Cl2N. The fourth-order valence-corrected chi connectivity index (χ4v) is 0.749. The lowest BCUT2D eigenvalue weighted by molar-refractivity contribution is 1.29. The van der Waals surface area contributed by atoms with E-state index in [1.807, 2.05) is 0 Å². The molecule has 0 aliphatic carbocycles. The van der Waals surface area contributed by atoms with Gasteiger partial charge in [0.1, 0.15) is 5.69 Å². The minimum Gasteiger partial charge on any atom is -0.246 e. The van der Waals surface area contributed by atoms with Crippen LogP contribution in [0.3, 0.4) is 0 Å². The molecule has 1 heterocycles. The van der Waals surface area contributed by atoms with Crippen LogP contribution in [0.5, 0.6) is 0 Å². The zero-order chi connectivity index (χ0) is 7.56. The zero-order valence-corrected chi connectivity index (χ0v) is 6.45. The Hall–Kier alpha value is -0.710. The fourth-order valence-electron chi connectivity index (χ4n) is 0.493. The maximum absolute atomic E-state index is 5.63. The van der Waals surface area contributed by atoms with Crippen molar-refractivity contribution in [2.24, 2.45) is 0 Å². The molecule has 3 heteroatoms. The molecule has 0 amide bonds. The first-order valence-electron chi connectivity index (χ1n) is 2.51. The molecule has 0 bridgehead atoms. The Morgan fingerprint density at radius 3 is 2.60 bits per heavy atom. The second-order valence-corrected chi connectivity index (χ2v) is 2.44. The summed E-state index contributed by atoms with van der Waals surface area (Å²) in [4.78, 5) is 3.81. The number of rotatable bonds is 0. The molecule has 0 aromatic carbocycles. The van der Waals surface area contributed by atoms with Crippen LogP contribution in [0.15, 0.2) is 12.3 Å². The summed E-state index contributed by atoms with van der Waals surface area (Å²) in [7, 11) is 0. The van der Waals surface area contributed by atoms with Crippen molar-refractivity contribution in [2.45, 2.75) is 0 Å². The summed E-state index contributed by atoms with van der Waals surface area (Å²) in [5.41, 5.74) is 0.495. The molecule has 0 atom stereocenters. The highest BCUT2D eigenvalue weighted by atomic mass is 35.5. The van der Waals surface area contributed by atoms with E-state index in [1.54, 1.807) is 6.07 Å². The number of pyridine rings is 1. The lowest BCUT2D eigenvalue weighted by atomic mass is 10.4. The van der Waals surface area contributed by atoms with E-state index in [1.165, 1.54) is 6.20 Å². The van der Waals surface area contributed by atoms with Crippen molar-refractivity contribution in [1.29, 1.82) is 0 Å². The van der Waals surface area contributed by atoms with Crippen molar-refractivity contribution < 1.29 is 0 Å². The van der Waals surface area contributed by atoms with Crippen molar-refractivity contribution in [1.82, 2.24) is 4.98 Å². The molecule has 0 spiro atoms. The van der Waals surface area contributed by atoms with Gasteiger partial charge in [-0.3, -0.25) is 0 Å². The number of nitrogens with zero attached hydrogens (tertiary/aromatic N) is 1. The molecule has 0 fully saturated rings. The predicted molar refractivity (Wildman–Crippen MR) is 42.2 cm³/mol. The predicted octanol–water partition coefficient (Wildman–Crippen LogP) is 2.37. The topological polar surface area (TPSA) is 12.9 Å². The smallest absolute Gasteiger partial charge is 0.114 e. The molecule has 0 unspecified atom stereocenters. The maximum atomic E-state index is 5.63. The second kappa shape index (κ2) is 2.92. The molecule has 50 valence electrons. The Bertz CT molecular complexity index is 288. The van der Waals surface area contributed by atoms with Gasteiger partial charge in [-0.2, -0.15) is 0 Å². The van der Waals surface area contributed by atoms with Crippen molar-refractivity contribution in [3.8, 4) is 12.3 Å². The van der Waals surface area contributed by atoms with Crippen LogP contribution < -0.4 is 0 Å². The molecule has 1 nitrogen and oxygen atoms in total. The minimum absolute atomic E-state index is 0.417. The highest BCUT2D eigenvalue weighted by Gasteiger charge is 1.96. The van der Waals surface area contributed by atoms with Gasteiger partial charge in [-0.25, -0.2) is 4.98 Å². The Balaban J connectivity index is 3.20. The fraction of sp³-hybridized carbons (Fsp3) is 0. The van der Waals surface area contributed by atoms with Gasteiger partial charge in [0.25, 0.3) is 0 Å². The molecule has 1 aromatic rings. The maximum Gasteiger partial charge on any atom is 0.114 e. The van der Waals surface area contributed by atoms with Crippen LogP contribution in [0.4, 0.5) is 0 Å². The lowest BCUT2D eigenvalue weighted by Crippen LogP contribution is -1.80. The summed E-state index contributed by atoms with van der Waals surface area (Å²) in [6.45, 7) is 0. The number of hydrogen-bond acceptors (Lipinski definition) is 1. The van der Waals surface area contributed by atoms with Gasteiger partial charge < -0.3 is 0 Å². The Kier molecular flexibility index (Phi) is 2.16. The lowest BCUT2D eigenvalue weighted by Gasteiger charge is -1.92. The first kappa shape index (κ1) is 7.40. The summed E-state index contributed by atoms with van der Waals surface area (Å²) >= 11 is 11.2. The molecule has 0 radical (unpaired) electrons. The first-order valence-corrected chi connectivity index (χ1v) is 3.27. The molecule has 0 N–H and O–H groups in total. The minimum atomic E-state index is 0.417. The van der Waals surface area contributed by atoms with Gasteiger partial charge in [-0.1, -0.05) is 29.1 Å². The number of hydrogen-bond donors (Lipinski definition) is 0. The molecule has 0 saturated heterocycles. The summed E-state index contributed by atoms with van der Waals surface area (Å²) in [6.07, 6.45) is 6.48. The third-order valence-corrected chi connectivity index (χ3v) is 1.67. The third kappa shape index (κ3) is 1.41. The van der Waals surface area contributed by atoms with E-state index in [-0.39, 0.29) is 0 Å². The van der Waals surface area contributed by atoms with Gasteiger partial charge in [-0.15, -0.1) is 6.42 Å². The van der Waals surface area contributed by atoms with Crippen LogP contribution in [0.1, 0.15) is 5.69 Å². The molecular weight excluding hydrogens is 169 g/mol. The summed E-state index contributed by atoms with van der Waals surface area (Å²) in [5, 5.41) is 0.852. The van der Waals surface area contributed by atoms with Crippen molar-refractivity contribution >= 4 is 23.2 Å². The molecule has 1 rings (SSSR count). The highest BCUT2D eigenvalue weighted by Crippen LogP contribution is 2.19. The third-order valence-electron chi connectivity index (χ3n) is 0.956. The van der Waals surface area contributed by atoms with Crippen LogP contribution in [-0.2, 0) is 0 Å². The largest absolute Gasteiger partial charge is 0.246 e. The summed E-state index contributed by atoms with van der Waals surface area (Å²) in [5.74, 6) is 2.34. The van der Waals surface area contributed by atoms with Crippen LogP contribution in [0, 0.1) is 12.3 Å². The molecule has 10 heavy (non-hydrogen) atoms. The van der Waals surface area contributed by atoms with E-state index in [0.717, 1.165) is 0 Å². The van der Waals surface area contributed by atoms with Gasteiger partial charge in [0.2, 0.25) is 0 Å². The number of aromatic nitrogens is 1. The van der Waals surface area contributed by atoms with Gasteiger partial charge in [0, 0.05) is 6.20 Å². The highest BCUT2D eigenvalue weighted by molar-refractivity contribution is 6.41. The number of halogens is 2. The van der Waals surface area contributed by atoms with E-state index >= 15 is 0 Å². The van der Waals surface area contributed by atoms with Gasteiger partial charge in [0.15, 0.2) is 0 Å². The normalized spacial score (nSPS) is 8.90. The van der Waals surface area contributed by atoms with Crippen LogP contribution in [0.25, 0.3) is 0 Å². The Morgan fingerprint density at radius 1 is 1.40 bits per heavy atom.